The van der Waals surface area contributed by atoms with Crippen molar-refractivity contribution in [2.75, 3.05) is 6.54 Å². The Kier molecular flexibility index (Phi) is 8.58. The Morgan fingerprint density at radius 1 is 1.11 bits per heavy atom. The van der Waals surface area contributed by atoms with Crippen molar-refractivity contribution in [1.29, 1.82) is 5.41 Å². The highest BCUT2D eigenvalue weighted by molar-refractivity contribution is 7.10. The Morgan fingerprint density at radius 2 is 1.86 bits per heavy atom. The zero-order chi connectivity index (χ0) is 25.5. The smallest absolute Gasteiger partial charge is 0.413 e. The second-order valence-electron chi connectivity index (χ2n) is 9.43. The van der Waals surface area contributed by atoms with Gasteiger partial charge < -0.3 is 15.2 Å². The van der Waals surface area contributed by atoms with Gasteiger partial charge in [-0.2, -0.15) is 0 Å². The van der Waals surface area contributed by atoms with Crippen LogP contribution < -0.4 is 10.6 Å². The summed E-state index contributed by atoms with van der Waals surface area (Å²) in [5.41, 5.74) is 1.35. The van der Waals surface area contributed by atoms with Gasteiger partial charge in [0.05, 0.1) is 6.54 Å². The number of thiophene rings is 1. The van der Waals surface area contributed by atoms with E-state index in [0.29, 0.717) is 24.4 Å². The zero-order valence-corrected chi connectivity index (χ0v) is 20.9. The maximum Gasteiger partial charge on any atom is 0.413 e. The molecule has 2 heterocycles. The Hall–Kier alpha value is -3.40. The second kappa shape index (κ2) is 12.0. The van der Waals surface area contributed by atoms with Gasteiger partial charge in [0.1, 0.15) is 18.5 Å². The Balaban J connectivity index is 1.26. The predicted octanol–water partition coefficient (Wildman–Crippen LogP) is 4.56. The third kappa shape index (κ3) is 6.63. The quantitative estimate of drug-likeness (QED) is 0.319. The molecule has 3 amide bonds. The van der Waals surface area contributed by atoms with Gasteiger partial charge in [0, 0.05) is 22.4 Å². The number of hydrogen-bond acceptors (Lipinski definition) is 6. The Morgan fingerprint density at radius 3 is 2.58 bits per heavy atom. The van der Waals surface area contributed by atoms with Gasteiger partial charge in [-0.3, -0.25) is 20.4 Å². The number of nitrogens with zero attached hydrogens (tertiary/aromatic N) is 1. The van der Waals surface area contributed by atoms with E-state index in [1.54, 1.807) is 11.4 Å². The zero-order valence-electron chi connectivity index (χ0n) is 20.1. The maximum atomic E-state index is 12.9. The van der Waals surface area contributed by atoms with Crippen LogP contribution in [-0.2, 0) is 22.7 Å². The number of carbonyl (C=O) groups is 3. The summed E-state index contributed by atoms with van der Waals surface area (Å²) in [5, 5.41) is 24.8. The van der Waals surface area contributed by atoms with Crippen molar-refractivity contribution in [1.82, 2.24) is 15.5 Å². The van der Waals surface area contributed by atoms with E-state index in [1.807, 2.05) is 30.3 Å². The summed E-state index contributed by atoms with van der Waals surface area (Å²) < 4.78 is 5.15. The molecule has 9 nitrogen and oxygen atoms in total. The van der Waals surface area contributed by atoms with Crippen LogP contribution in [-0.4, -0.2) is 46.5 Å². The minimum atomic E-state index is -1.05. The first-order chi connectivity index (χ1) is 17.4. The van der Waals surface area contributed by atoms with Crippen molar-refractivity contribution in [3.05, 3.63) is 57.8 Å². The third-order valence-electron chi connectivity index (χ3n) is 7.02. The van der Waals surface area contributed by atoms with Crippen LogP contribution in [0.15, 0.2) is 41.8 Å². The number of rotatable bonds is 7. The molecule has 0 spiro atoms. The maximum absolute atomic E-state index is 12.9. The lowest BCUT2D eigenvalue weighted by Crippen LogP contribution is -2.45. The SMILES string of the molecule is N=C(NC(=O)OCc1ccccc1)c1csc(CNC(=O)[C@@H]2C[C@H](C3CCCCC3)CN2C(=O)O)c1. The van der Waals surface area contributed by atoms with Gasteiger partial charge in [-0.15, -0.1) is 11.3 Å². The van der Waals surface area contributed by atoms with Crippen molar-refractivity contribution in [3.8, 4) is 0 Å². The largest absolute Gasteiger partial charge is 0.465 e. The van der Waals surface area contributed by atoms with Gasteiger partial charge in [0.15, 0.2) is 0 Å². The first-order valence-corrected chi connectivity index (χ1v) is 13.2. The molecule has 4 rings (SSSR count). The molecule has 10 heteroatoms. The molecule has 1 aliphatic heterocycles. The van der Waals surface area contributed by atoms with Crippen molar-refractivity contribution in [2.24, 2.45) is 11.8 Å². The van der Waals surface area contributed by atoms with Crippen LogP contribution in [0.5, 0.6) is 0 Å². The normalized spacial score (nSPS) is 20.1. The predicted molar refractivity (Wildman–Crippen MR) is 136 cm³/mol. The van der Waals surface area contributed by atoms with E-state index in [1.165, 1.54) is 35.5 Å². The number of amidine groups is 1. The van der Waals surface area contributed by atoms with Crippen molar-refractivity contribution < 1.29 is 24.2 Å². The molecular formula is C26H32N4O5S. The summed E-state index contributed by atoms with van der Waals surface area (Å²) in [6.45, 7) is 0.759. The first-order valence-electron chi connectivity index (χ1n) is 12.3. The van der Waals surface area contributed by atoms with E-state index in [0.717, 1.165) is 23.3 Å². The molecule has 1 aliphatic carbocycles. The van der Waals surface area contributed by atoms with Gasteiger partial charge in [-0.1, -0.05) is 62.4 Å². The molecular weight excluding hydrogens is 480 g/mol. The minimum Gasteiger partial charge on any atom is -0.465 e. The highest BCUT2D eigenvalue weighted by Crippen LogP contribution is 2.37. The summed E-state index contributed by atoms with van der Waals surface area (Å²) in [5.74, 6) is 0.350. The minimum absolute atomic E-state index is 0.0925. The molecule has 0 bridgehead atoms. The van der Waals surface area contributed by atoms with Crippen LogP contribution in [0.2, 0.25) is 0 Å². The number of benzene rings is 1. The molecule has 2 atom stereocenters. The summed E-state index contributed by atoms with van der Waals surface area (Å²) in [6.07, 6.45) is 4.63. The Bertz CT molecular complexity index is 1080. The number of alkyl carbamates (subject to hydrolysis) is 1. The van der Waals surface area contributed by atoms with Gasteiger partial charge in [-0.25, -0.2) is 9.59 Å². The monoisotopic (exact) mass is 512 g/mol. The molecule has 4 N–H and O–H groups in total. The highest BCUT2D eigenvalue weighted by Gasteiger charge is 2.42. The lowest BCUT2D eigenvalue weighted by Gasteiger charge is -2.26. The average molecular weight is 513 g/mol. The number of carboxylic acid groups (broad SMARTS) is 1. The summed E-state index contributed by atoms with van der Waals surface area (Å²) in [6, 6.07) is 10.3. The van der Waals surface area contributed by atoms with Crippen LogP contribution in [0.3, 0.4) is 0 Å². The number of carbonyl (C=O) groups excluding carboxylic acids is 2. The lowest BCUT2D eigenvalue weighted by molar-refractivity contribution is -0.125. The van der Waals surface area contributed by atoms with E-state index in [9.17, 15) is 19.5 Å². The van der Waals surface area contributed by atoms with E-state index in [2.05, 4.69) is 10.6 Å². The molecule has 1 aromatic heterocycles. The molecule has 0 radical (unpaired) electrons. The first kappa shape index (κ1) is 25.7. The fraction of sp³-hybridized carbons (Fsp3) is 0.462. The van der Waals surface area contributed by atoms with E-state index in [4.69, 9.17) is 10.1 Å². The lowest BCUT2D eigenvalue weighted by atomic mass is 9.79. The molecule has 1 aromatic carbocycles. The fourth-order valence-electron chi connectivity index (χ4n) is 5.11. The number of hydrogen-bond donors (Lipinski definition) is 4. The standard InChI is InChI=1S/C26H32N4O5S/c27-23(29-25(32)35-15-17-7-3-1-4-8-17)20-11-21(36-16-20)13-28-24(31)22-12-19(14-30(22)26(33)34)18-9-5-2-6-10-18/h1,3-4,7-8,11,16,18-19,22H,2,5-6,9-10,12-15H2,(H,28,31)(H,33,34)(H2,27,29,32)/t19-,22-/m0/s1. The van der Waals surface area contributed by atoms with Crippen LogP contribution in [0.25, 0.3) is 0 Å². The fourth-order valence-corrected chi connectivity index (χ4v) is 5.92. The van der Waals surface area contributed by atoms with Crippen LogP contribution in [0.1, 0.15) is 54.5 Å². The Labute approximate surface area is 214 Å². The van der Waals surface area contributed by atoms with Crippen LogP contribution in [0, 0.1) is 17.2 Å². The average Bonchev–Trinajstić information content (AvgIpc) is 3.55. The molecule has 2 fully saturated rings. The molecule has 0 unspecified atom stereocenters. The second-order valence-corrected chi connectivity index (χ2v) is 10.4. The topological polar surface area (TPSA) is 132 Å². The highest BCUT2D eigenvalue weighted by atomic mass is 32.1. The molecule has 1 saturated carbocycles. The van der Waals surface area contributed by atoms with E-state index < -0.39 is 18.2 Å². The molecule has 36 heavy (non-hydrogen) atoms. The van der Waals surface area contributed by atoms with Gasteiger partial charge in [0.2, 0.25) is 5.91 Å². The van der Waals surface area contributed by atoms with Crippen molar-refractivity contribution in [3.63, 3.8) is 0 Å². The van der Waals surface area contributed by atoms with E-state index in [-0.39, 0.29) is 30.8 Å². The summed E-state index contributed by atoms with van der Waals surface area (Å²) >= 11 is 1.35. The molecule has 2 aliphatic rings. The number of amides is 3. The third-order valence-corrected chi connectivity index (χ3v) is 7.95. The summed E-state index contributed by atoms with van der Waals surface area (Å²) in [7, 11) is 0. The molecule has 192 valence electrons. The molecule has 2 aromatic rings. The van der Waals surface area contributed by atoms with Crippen molar-refractivity contribution >= 4 is 35.3 Å². The van der Waals surface area contributed by atoms with Crippen LogP contribution >= 0.6 is 11.3 Å². The van der Waals surface area contributed by atoms with E-state index >= 15 is 0 Å². The summed E-state index contributed by atoms with van der Waals surface area (Å²) in [4.78, 5) is 38.8. The number of ether oxygens (including phenoxy) is 1. The van der Waals surface area contributed by atoms with Gasteiger partial charge >= 0.3 is 12.2 Å². The number of nitrogens with one attached hydrogen (secondary N) is 3. The number of likely N-dealkylation sites (tertiary alicyclic amines) is 1. The van der Waals surface area contributed by atoms with Gasteiger partial charge in [0.25, 0.3) is 0 Å². The van der Waals surface area contributed by atoms with Gasteiger partial charge in [-0.05, 0) is 29.9 Å². The van der Waals surface area contributed by atoms with Crippen LogP contribution in [0.4, 0.5) is 9.59 Å². The van der Waals surface area contributed by atoms with Crippen molar-refractivity contribution in [2.45, 2.75) is 57.7 Å². The molecule has 1 saturated heterocycles.